The lowest BCUT2D eigenvalue weighted by Crippen LogP contribution is -2.45. The second-order valence-electron chi connectivity index (χ2n) is 4.04. The van der Waals surface area contributed by atoms with E-state index in [1.54, 1.807) is 24.3 Å². The van der Waals surface area contributed by atoms with E-state index < -0.39 is 30.8 Å². The lowest BCUT2D eigenvalue weighted by molar-refractivity contribution is -0.139. The van der Waals surface area contributed by atoms with Crippen molar-refractivity contribution in [1.82, 2.24) is 4.90 Å². The van der Waals surface area contributed by atoms with Crippen LogP contribution in [0, 0.1) is 0 Å². The van der Waals surface area contributed by atoms with Gasteiger partial charge < -0.3 is 26.8 Å². The Bertz CT molecular complexity index is 485. The number of nitrogen functional groups attached to an aromatic ring is 1. The fourth-order valence-electron chi connectivity index (χ4n) is 1.41. The van der Waals surface area contributed by atoms with Crippen LogP contribution in [0.1, 0.15) is 0 Å². The van der Waals surface area contributed by atoms with Gasteiger partial charge in [0.25, 0.3) is 5.91 Å². The first-order valence-corrected chi connectivity index (χ1v) is 5.71. The lowest BCUT2D eigenvalue weighted by Gasteiger charge is -2.19. The first-order valence-electron chi connectivity index (χ1n) is 5.71. The normalized spacial score (nSPS) is 9.80. The predicted molar refractivity (Wildman–Crippen MR) is 71.3 cm³/mol. The number of carbonyl (C=O) groups is 3. The van der Waals surface area contributed by atoms with E-state index in [0.29, 0.717) is 11.4 Å². The molecule has 8 nitrogen and oxygen atoms in total. The zero-order valence-electron chi connectivity index (χ0n) is 10.7. The summed E-state index contributed by atoms with van der Waals surface area (Å²) in [5.41, 5.74) is 16.1. The minimum atomic E-state index is -0.743. The molecule has 0 heterocycles. The first kappa shape index (κ1) is 15.3. The van der Waals surface area contributed by atoms with Gasteiger partial charge in [-0.3, -0.25) is 14.4 Å². The maximum Gasteiger partial charge on any atom is 0.261 e. The summed E-state index contributed by atoms with van der Waals surface area (Å²) in [6, 6.07) is 6.42. The third-order valence-electron chi connectivity index (χ3n) is 2.29. The van der Waals surface area contributed by atoms with Gasteiger partial charge in [0.15, 0.2) is 6.61 Å². The van der Waals surface area contributed by atoms with Crippen LogP contribution in [0.4, 0.5) is 5.69 Å². The van der Waals surface area contributed by atoms with Crippen molar-refractivity contribution in [2.75, 3.05) is 25.4 Å². The largest absolute Gasteiger partial charge is 0.484 e. The molecule has 0 unspecified atom stereocenters. The van der Waals surface area contributed by atoms with E-state index in [-0.39, 0.29) is 6.61 Å². The van der Waals surface area contributed by atoms with Crippen molar-refractivity contribution in [3.8, 4) is 5.75 Å². The number of ether oxygens (including phenoxy) is 1. The maximum atomic E-state index is 11.8. The summed E-state index contributed by atoms with van der Waals surface area (Å²) < 4.78 is 5.22. The number of primary amides is 2. The molecule has 0 radical (unpaired) electrons. The number of amides is 3. The Kier molecular flexibility index (Phi) is 5.33. The average Bonchev–Trinajstić information content (AvgIpc) is 2.36. The zero-order chi connectivity index (χ0) is 15.1. The molecule has 0 fully saturated rings. The van der Waals surface area contributed by atoms with Gasteiger partial charge in [0.1, 0.15) is 5.75 Å². The van der Waals surface area contributed by atoms with E-state index in [0.717, 1.165) is 4.90 Å². The van der Waals surface area contributed by atoms with Crippen molar-refractivity contribution < 1.29 is 19.1 Å². The molecule has 0 aromatic heterocycles. The molecule has 8 heteroatoms. The van der Waals surface area contributed by atoms with Crippen LogP contribution in [-0.4, -0.2) is 42.3 Å². The maximum absolute atomic E-state index is 11.8. The van der Waals surface area contributed by atoms with Gasteiger partial charge in [-0.25, -0.2) is 0 Å². The van der Waals surface area contributed by atoms with Crippen molar-refractivity contribution >= 4 is 23.4 Å². The van der Waals surface area contributed by atoms with E-state index in [9.17, 15) is 14.4 Å². The van der Waals surface area contributed by atoms with E-state index >= 15 is 0 Å². The smallest absolute Gasteiger partial charge is 0.261 e. The van der Waals surface area contributed by atoms with Gasteiger partial charge in [0, 0.05) is 5.69 Å². The number of hydrogen-bond donors (Lipinski definition) is 3. The highest BCUT2D eigenvalue weighted by molar-refractivity contribution is 5.88. The summed E-state index contributed by atoms with van der Waals surface area (Å²) in [4.78, 5) is 34.4. The monoisotopic (exact) mass is 280 g/mol. The SMILES string of the molecule is NC(=O)CN(CC(N)=O)C(=O)COc1ccc(N)cc1. The first-order chi connectivity index (χ1) is 9.38. The van der Waals surface area contributed by atoms with E-state index in [1.807, 2.05) is 0 Å². The number of benzene rings is 1. The Morgan fingerprint density at radius 2 is 1.50 bits per heavy atom. The highest BCUT2D eigenvalue weighted by Gasteiger charge is 2.18. The molecule has 108 valence electrons. The minimum Gasteiger partial charge on any atom is -0.484 e. The highest BCUT2D eigenvalue weighted by Crippen LogP contribution is 2.12. The Hall–Kier alpha value is -2.77. The summed E-state index contributed by atoms with van der Waals surface area (Å²) >= 11 is 0. The van der Waals surface area contributed by atoms with Crippen LogP contribution in [0.3, 0.4) is 0 Å². The Morgan fingerprint density at radius 1 is 1.00 bits per heavy atom. The molecule has 0 atom stereocenters. The molecule has 0 aliphatic rings. The molecule has 20 heavy (non-hydrogen) atoms. The van der Waals surface area contributed by atoms with E-state index in [1.165, 1.54) is 0 Å². The molecule has 0 saturated carbocycles. The van der Waals surface area contributed by atoms with Crippen molar-refractivity contribution in [1.29, 1.82) is 0 Å². The van der Waals surface area contributed by atoms with Gasteiger partial charge in [0.2, 0.25) is 11.8 Å². The van der Waals surface area contributed by atoms with E-state index in [2.05, 4.69) is 0 Å². The van der Waals surface area contributed by atoms with Gasteiger partial charge in [-0.2, -0.15) is 0 Å². The quantitative estimate of drug-likeness (QED) is 0.518. The molecular formula is C12H16N4O4. The fourth-order valence-corrected chi connectivity index (χ4v) is 1.41. The molecule has 1 rings (SSSR count). The van der Waals surface area contributed by atoms with Crippen LogP contribution in [0.25, 0.3) is 0 Å². The van der Waals surface area contributed by atoms with Gasteiger partial charge in [-0.15, -0.1) is 0 Å². The minimum absolute atomic E-state index is 0.343. The molecule has 3 amide bonds. The number of hydrogen-bond acceptors (Lipinski definition) is 5. The number of rotatable bonds is 7. The number of anilines is 1. The van der Waals surface area contributed by atoms with Crippen molar-refractivity contribution in [2.45, 2.75) is 0 Å². The topological polar surface area (TPSA) is 142 Å². The number of nitrogens with two attached hydrogens (primary N) is 3. The van der Waals surface area contributed by atoms with Crippen molar-refractivity contribution in [3.63, 3.8) is 0 Å². The fraction of sp³-hybridized carbons (Fsp3) is 0.250. The van der Waals surface area contributed by atoms with Crippen LogP contribution in [0.15, 0.2) is 24.3 Å². The second-order valence-corrected chi connectivity index (χ2v) is 4.04. The molecule has 0 aliphatic carbocycles. The third kappa shape index (κ3) is 5.25. The summed E-state index contributed by atoms with van der Waals surface area (Å²) in [5.74, 6) is -1.62. The number of carbonyl (C=O) groups excluding carboxylic acids is 3. The summed E-state index contributed by atoms with van der Waals surface area (Å²) in [6.07, 6.45) is 0. The summed E-state index contributed by atoms with van der Waals surface area (Å²) in [7, 11) is 0. The van der Waals surface area contributed by atoms with Crippen molar-refractivity contribution in [2.24, 2.45) is 11.5 Å². The Labute approximate surface area is 115 Å². The van der Waals surface area contributed by atoms with Gasteiger partial charge >= 0.3 is 0 Å². The average molecular weight is 280 g/mol. The second kappa shape index (κ2) is 6.98. The summed E-state index contributed by atoms with van der Waals surface area (Å²) in [6.45, 7) is -1.13. The molecule has 1 aromatic carbocycles. The van der Waals surface area contributed by atoms with Crippen LogP contribution >= 0.6 is 0 Å². The van der Waals surface area contributed by atoms with Crippen LogP contribution in [0.5, 0.6) is 5.75 Å². The Morgan fingerprint density at radius 3 is 1.95 bits per heavy atom. The van der Waals surface area contributed by atoms with E-state index in [4.69, 9.17) is 21.9 Å². The standard InChI is InChI=1S/C12H16N4O4/c13-8-1-3-9(4-2-8)20-7-12(19)16(5-10(14)17)6-11(15)18/h1-4H,5-7,13H2,(H2,14,17)(H2,15,18). The highest BCUT2D eigenvalue weighted by atomic mass is 16.5. The van der Waals surface area contributed by atoms with Crippen LogP contribution in [-0.2, 0) is 14.4 Å². The molecule has 0 spiro atoms. The molecule has 1 aromatic rings. The summed E-state index contributed by atoms with van der Waals surface area (Å²) in [5, 5.41) is 0. The van der Waals surface area contributed by atoms with Crippen LogP contribution < -0.4 is 21.9 Å². The lowest BCUT2D eigenvalue weighted by atomic mass is 10.3. The van der Waals surface area contributed by atoms with Gasteiger partial charge in [-0.1, -0.05) is 0 Å². The predicted octanol–water partition coefficient (Wildman–Crippen LogP) is -1.55. The number of nitrogens with zero attached hydrogens (tertiary/aromatic N) is 1. The van der Waals surface area contributed by atoms with Crippen LogP contribution in [0.2, 0.25) is 0 Å². The Balaban J connectivity index is 2.58. The zero-order valence-corrected chi connectivity index (χ0v) is 10.7. The molecule has 0 aliphatic heterocycles. The van der Waals surface area contributed by atoms with Crippen molar-refractivity contribution in [3.05, 3.63) is 24.3 Å². The molecule has 0 bridgehead atoms. The molecular weight excluding hydrogens is 264 g/mol. The van der Waals surface area contributed by atoms with Gasteiger partial charge in [0.05, 0.1) is 13.1 Å². The molecule has 6 N–H and O–H groups in total. The third-order valence-corrected chi connectivity index (χ3v) is 2.29. The molecule has 0 saturated heterocycles. The van der Waals surface area contributed by atoms with Gasteiger partial charge in [-0.05, 0) is 24.3 Å².